The molecule has 0 spiro atoms. The Labute approximate surface area is 335 Å². The molecule has 0 saturated heterocycles. The summed E-state index contributed by atoms with van der Waals surface area (Å²) in [4.78, 5) is 57.3. The summed E-state index contributed by atoms with van der Waals surface area (Å²) in [5, 5.41) is 28.1. The van der Waals surface area contributed by atoms with Gasteiger partial charge in [-0.2, -0.15) is 0 Å². The first-order valence-electron chi connectivity index (χ1n) is 18.5. The number of phenols is 1. The second kappa shape index (κ2) is 15.7. The van der Waals surface area contributed by atoms with E-state index in [1.165, 1.54) is 61.7 Å². The Balaban J connectivity index is 1.02. The van der Waals surface area contributed by atoms with Gasteiger partial charge in [0.05, 0.1) is 42.0 Å². The molecule has 0 unspecified atom stereocenters. The molecule has 2 aromatic heterocycles. The standard InChI is InChI=1S/C44H35FN6O8/c1-22-40-35(50-44(46)48-22)17-24(28-11-7-25(45)19-32(28)34-4-3-5-39(49-34)57-2)18-36(40)51-58-15-14-47-42(54)23-6-10-29(33(16-23)43(55)56)41-30-12-8-26(52)20-37(30)59-38-21-27(53)9-13-31(38)41/h3-13,16,19-21,24,52H,14-15,17-18H2,1-2H3,(H,47,54)(H,55,56)(H2,46,48,50)/b51-36+/t24-/m0/s1. The lowest BCUT2D eigenvalue weighted by atomic mass is 9.79. The molecular formula is C44H35FN6O8. The number of aromatic nitrogens is 3. The summed E-state index contributed by atoms with van der Waals surface area (Å²) in [7, 11) is 1.51. The van der Waals surface area contributed by atoms with Gasteiger partial charge in [0.25, 0.3) is 5.91 Å². The normalized spacial score (nSPS) is 14.3. The van der Waals surface area contributed by atoms with Crippen molar-refractivity contribution in [3.8, 4) is 45.3 Å². The van der Waals surface area contributed by atoms with E-state index in [0.29, 0.717) is 69.2 Å². The molecule has 3 aliphatic rings. The number of methoxy groups -OCH3 is 1. The van der Waals surface area contributed by atoms with Crippen LogP contribution in [0.25, 0.3) is 44.7 Å². The number of aromatic hydroxyl groups is 1. The number of carboxylic acids is 1. The number of ether oxygens (including phenoxy) is 1. The quantitative estimate of drug-likeness (QED) is 0.0644. The van der Waals surface area contributed by atoms with Gasteiger partial charge in [0.2, 0.25) is 11.8 Å². The number of pyridine rings is 1. The first-order chi connectivity index (χ1) is 28.5. The van der Waals surface area contributed by atoms with Gasteiger partial charge in [-0.25, -0.2) is 24.1 Å². The summed E-state index contributed by atoms with van der Waals surface area (Å²) >= 11 is 0. The molecule has 1 aliphatic heterocycles. The third kappa shape index (κ3) is 7.60. The fourth-order valence-electron chi connectivity index (χ4n) is 7.57. The number of carboxylic acid groups (broad SMARTS) is 1. The Hall–Kier alpha value is -7.68. The highest BCUT2D eigenvalue weighted by atomic mass is 19.1. The van der Waals surface area contributed by atoms with Gasteiger partial charge in [0, 0.05) is 57.8 Å². The first kappa shape index (κ1) is 38.2. The minimum atomic E-state index is -1.28. The molecule has 59 heavy (non-hydrogen) atoms. The maximum absolute atomic E-state index is 14.7. The molecule has 0 radical (unpaired) electrons. The molecule has 15 heteroatoms. The zero-order valence-corrected chi connectivity index (χ0v) is 31.7. The highest BCUT2D eigenvalue weighted by Crippen LogP contribution is 2.42. The van der Waals surface area contributed by atoms with Crippen molar-refractivity contribution in [2.24, 2.45) is 5.16 Å². The number of rotatable bonds is 10. The van der Waals surface area contributed by atoms with Crippen LogP contribution in [0.3, 0.4) is 0 Å². The molecule has 5 aromatic rings. The fourth-order valence-corrected chi connectivity index (χ4v) is 7.57. The number of aromatic carboxylic acids is 1. The molecule has 2 aliphatic carbocycles. The van der Waals surface area contributed by atoms with E-state index < -0.39 is 17.7 Å². The van der Waals surface area contributed by atoms with Gasteiger partial charge in [0.15, 0.2) is 5.43 Å². The maximum atomic E-state index is 14.7. The second-order valence-corrected chi connectivity index (χ2v) is 13.9. The highest BCUT2D eigenvalue weighted by Gasteiger charge is 2.31. The van der Waals surface area contributed by atoms with E-state index in [-0.39, 0.29) is 64.2 Å². The number of anilines is 1. The number of amides is 1. The van der Waals surface area contributed by atoms with Gasteiger partial charge in [0.1, 0.15) is 29.5 Å². The Morgan fingerprint density at radius 2 is 1.78 bits per heavy atom. The number of hydrogen-bond acceptors (Lipinski definition) is 12. The minimum absolute atomic E-state index is 0.0212. The molecule has 0 saturated carbocycles. The summed E-state index contributed by atoms with van der Waals surface area (Å²) < 4.78 is 25.9. The Bertz CT molecular complexity index is 2880. The van der Waals surface area contributed by atoms with Crippen molar-refractivity contribution in [3.63, 3.8) is 0 Å². The van der Waals surface area contributed by atoms with Crippen molar-refractivity contribution in [2.75, 3.05) is 26.0 Å². The third-order valence-corrected chi connectivity index (χ3v) is 10.1. The number of nitrogens with one attached hydrogen (secondary N) is 1. The van der Waals surface area contributed by atoms with E-state index in [0.717, 1.165) is 5.56 Å². The number of oxime groups is 1. The summed E-state index contributed by atoms with van der Waals surface area (Å²) in [6, 6.07) is 22.8. The van der Waals surface area contributed by atoms with Gasteiger partial charge in [-0.1, -0.05) is 23.4 Å². The average Bonchev–Trinajstić information content (AvgIpc) is 3.21. The molecule has 5 N–H and O–H groups in total. The van der Waals surface area contributed by atoms with Gasteiger partial charge in [-0.05, 0) is 85.0 Å². The number of carbonyl (C=O) groups is 2. The number of nitrogens with two attached hydrogens (primary N) is 1. The molecule has 3 heterocycles. The fraction of sp³-hybridized carbons (Fsp3) is 0.159. The van der Waals surface area contributed by atoms with Crippen molar-refractivity contribution in [3.05, 3.63) is 141 Å². The van der Waals surface area contributed by atoms with Gasteiger partial charge in [-0.3, -0.25) is 9.59 Å². The minimum Gasteiger partial charge on any atom is -0.508 e. The number of aryl methyl sites for hydroxylation is 1. The molecule has 8 rings (SSSR count). The highest BCUT2D eigenvalue weighted by molar-refractivity contribution is 6.09. The SMILES string of the molecule is COc1cccc(-c2cc(F)ccc2[C@@H]2C/C(=N\OCCNC(=O)c3ccc(-c4c5ccc(=O)cc-5oc5cc(O)ccc45)c(C(=O)O)c3)c3c(C)nc(N)nc3C2)n1. The molecule has 1 amide bonds. The lowest BCUT2D eigenvalue weighted by Crippen LogP contribution is -2.27. The smallest absolute Gasteiger partial charge is 0.336 e. The van der Waals surface area contributed by atoms with Crippen LogP contribution in [-0.2, 0) is 11.3 Å². The maximum Gasteiger partial charge on any atom is 0.336 e. The first-order valence-corrected chi connectivity index (χ1v) is 18.5. The van der Waals surface area contributed by atoms with Crippen LogP contribution in [0.2, 0.25) is 0 Å². The van der Waals surface area contributed by atoms with Crippen LogP contribution in [0.15, 0.2) is 105 Å². The second-order valence-electron chi connectivity index (χ2n) is 13.9. The van der Waals surface area contributed by atoms with Gasteiger partial charge < -0.3 is 35.3 Å². The molecule has 14 nitrogen and oxygen atoms in total. The van der Waals surface area contributed by atoms with Crippen molar-refractivity contribution in [2.45, 2.75) is 25.7 Å². The summed E-state index contributed by atoms with van der Waals surface area (Å²) in [5.74, 6) is -1.84. The van der Waals surface area contributed by atoms with E-state index >= 15 is 0 Å². The van der Waals surface area contributed by atoms with Gasteiger partial charge >= 0.3 is 5.97 Å². The molecule has 0 fully saturated rings. The molecular weight excluding hydrogens is 760 g/mol. The van der Waals surface area contributed by atoms with Crippen LogP contribution in [0, 0.1) is 12.7 Å². The average molecular weight is 795 g/mol. The number of hydrogen-bond donors (Lipinski definition) is 4. The summed E-state index contributed by atoms with van der Waals surface area (Å²) in [6.45, 7) is 1.79. The van der Waals surface area contributed by atoms with Crippen LogP contribution in [-0.4, -0.2) is 63.0 Å². The van der Waals surface area contributed by atoms with E-state index in [1.54, 1.807) is 43.3 Å². The number of halogens is 1. The van der Waals surface area contributed by atoms with E-state index in [4.69, 9.17) is 19.7 Å². The van der Waals surface area contributed by atoms with Crippen LogP contribution in [0.1, 0.15) is 55.6 Å². The van der Waals surface area contributed by atoms with Crippen molar-refractivity contribution < 1.29 is 38.2 Å². The van der Waals surface area contributed by atoms with Crippen LogP contribution in [0.4, 0.5) is 10.3 Å². The predicted octanol–water partition coefficient (Wildman–Crippen LogP) is 6.74. The Kier molecular flexibility index (Phi) is 10.2. The summed E-state index contributed by atoms with van der Waals surface area (Å²) in [6.07, 6.45) is 0.855. The Morgan fingerprint density at radius 3 is 2.59 bits per heavy atom. The lowest BCUT2D eigenvalue weighted by molar-refractivity contribution is 0.0697. The largest absolute Gasteiger partial charge is 0.508 e. The zero-order valence-electron chi connectivity index (χ0n) is 31.7. The molecule has 296 valence electrons. The van der Waals surface area contributed by atoms with Crippen LogP contribution >= 0.6 is 0 Å². The number of phenolic OH excluding ortho intramolecular Hbond substituents is 1. The molecule has 3 aromatic carbocycles. The third-order valence-electron chi connectivity index (χ3n) is 10.1. The monoisotopic (exact) mass is 794 g/mol. The van der Waals surface area contributed by atoms with Crippen LogP contribution in [0.5, 0.6) is 11.6 Å². The van der Waals surface area contributed by atoms with Crippen molar-refractivity contribution in [1.82, 2.24) is 20.3 Å². The molecule has 1 atom stereocenters. The lowest BCUT2D eigenvalue weighted by Gasteiger charge is -2.27. The number of nitrogens with zero attached hydrogens (tertiary/aromatic N) is 4. The zero-order chi connectivity index (χ0) is 41.4. The Morgan fingerprint density at radius 1 is 0.949 bits per heavy atom. The molecule has 0 bridgehead atoms. The topological polar surface area (TPSA) is 212 Å². The summed E-state index contributed by atoms with van der Waals surface area (Å²) in [5.41, 5.74) is 11.6. The van der Waals surface area contributed by atoms with Crippen LogP contribution < -0.4 is 21.2 Å². The van der Waals surface area contributed by atoms with Crippen molar-refractivity contribution in [1.29, 1.82) is 0 Å². The van der Waals surface area contributed by atoms with E-state index in [9.17, 15) is 29.0 Å². The number of benzene rings is 4. The number of fused-ring (bicyclic) bond motifs is 3. The predicted molar refractivity (Wildman–Crippen MR) is 216 cm³/mol. The van der Waals surface area contributed by atoms with Gasteiger partial charge in [-0.15, -0.1) is 0 Å². The number of carbonyl (C=O) groups excluding carboxylic acids is 1. The van der Waals surface area contributed by atoms with E-state index in [2.05, 4.69) is 25.4 Å². The van der Waals surface area contributed by atoms with E-state index in [1.807, 2.05) is 0 Å². The number of nitrogen functional groups attached to an aromatic ring is 1. The van der Waals surface area contributed by atoms with Crippen molar-refractivity contribution >= 4 is 34.5 Å².